The number of piperidine rings is 1. The highest BCUT2D eigenvalue weighted by Gasteiger charge is 2.43. The summed E-state index contributed by atoms with van der Waals surface area (Å²) in [5.74, 6) is -3.20. The van der Waals surface area contributed by atoms with Crippen molar-refractivity contribution in [2.75, 3.05) is 20.1 Å². The van der Waals surface area contributed by atoms with Crippen molar-refractivity contribution < 1.29 is 22.7 Å². The molecule has 0 N–H and O–H groups in total. The van der Waals surface area contributed by atoms with Crippen LogP contribution in [0.5, 0.6) is 0 Å². The topological polar surface area (TPSA) is 29.5 Å². The standard InChI is InChI=1S/C10H16F3NO2/c1-7(10(11,12)13)9(15)16-8-3-5-14(2)6-4-8/h7-8H,3-6H2,1-2H3. The number of rotatable bonds is 2. The first-order valence-electron chi connectivity index (χ1n) is 5.26. The maximum atomic E-state index is 12.2. The van der Waals surface area contributed by atoms with Crippen LogP contribution in [-0.4, -0.2) is 43.3 Å². The molecule has 1 rings (SSSR count). The Morgan fingerprint density at radius 2 is 1.88 bits per heavy atom. The van der Waals surface area contributed by atoms with Gasteiger partial charge in [0.15, 0.2) is 0 Å². The number of esters is 1. The van der Waals surface area contributed by atoms with Gasteiger partial charge in [0.25, 0.3) is 0 Å². The van der Waals surface area contributed by atoms with Crippen molar-refractivity contribution >= 4 is 5.97 Å². The molecule has 3 nitrogen and oxygen atoms in total. The molecule has 0 aliphatic carbocycles. The van der Waals surface area contributed by atoms with Gasteiger partial charge in [-0.15, -0.1) is 0 Å². The summed E-state index contributed by atoms with van der Waals surface area (Å²) in [6.45, 7) is 2.33. The molecule has 0 spiro atoms. The molecule has 1 heterocycles. The first-order chi connectivity index (χ1) is 7.30. The van der Waals surface area contributed by atoms with Crippen molar-refractivity contribution in [3.8, 4) is 0 Å². The number of alkyl halides is 3. The van der Waals surface area contributed by atoms with Gasteiger partial charge in [-0.05, 0) is 26.8 Å². The Labute approximate surface area is 92.5 Å². The maximum absolute atomic E-state index is 12.2. The molecule has 0 radical (unpaired) electrons. The van der Waals surface area contributed by atoms with Crippen LogP contribution in [0.25, 0.3) is 0 Å². The molecule has 1 aliphatic rings. The second-order valence-electron chi connectivity index (χ2n) is 4.20. The molecule has 0 saturated carbocycles. The molecule has 0 aromatic carbocycles. The number of halogens is 3. The minimum atomic E-state index is -4.51. The van der Waals surface area contributed by atoms with E-state index in [-0.39, 0.29) is 6.10 Å². The van der Waals surface area contributed by atoms with Crippen molar-refractivity contribution in [1.29, 1.82) is 0 Å². The number of carbonyl (C=O) groups excluding carboxylic acids is 1. The zero-order chi connectivity index (χ0) is 12.3. The van der Waals surface area contributed by atoms with Crippen LogP contribution in [0, 0.1) is 5.92 Å². The summed E-state index contributed by atoms with van der Waals surface area (Å²) < 4.78 is 41.5. The van der Waals surface area contributed by atoms with Crippen LogP contribution in [0.2, 0.25) is 0 Å². The van der Waals surface area contributed by atoms with Crippen molar-refractivity contribution in [1.82, 2.24) is 4.90 Å². The highest BCUT2D eigenvalue weighted by Crippen LogP contribution is 2.27. The molecule has 6 heteroatoms. The Bertz CT molecular complexity index is 247. The summed E-state index contributed by atoms with van der Waals surface area (Å²) in [6.07, 6.45) is -3.67. The van der Waals surface area contributed by atoms with Gasteiger partial charge in [0, 0.05) is 13.1 Å². The largest absolute Gasteiger partial charge is 0.462 e. The van der Waals surface area contributed by atoms with Crippen LogP contribution in [0.3, 0.4) is 0 Å². The van der Waals surface area contributed by atoms with E-state index in [2.05, 4.69) is 4.90 Å². The Morgan fingerprint density at radius 1 is 1.38 bits per heavy atom. The molecule has 94 valence electrons. The molecule has 0 amide bonds. The number of likely N-dealkylation sites (tertiary alicyclic amines) is 1. The van der Waals surface area contributed by atoms with Crippen molar-refractivity contribution in [3.63, 3.8) is 0 Å². The van der Waals surface area contributed by atoms with Crippen LogP contribution < -0.4 is 0 Å². The lowest BCUT2D eigenvalue weighted by Gasteiger charge is -2.29. The van der Waals surface area contributed by atoms with Gasteiger partial charge >= 0.3 is 12.1 Å². The van der Waals surface area contributed by atoms with Crippen LogP contribution in [0.15, 0.2) is 0 Å². The van der Waals surface area contributed by atoms with E-state index in [1.165, 1.54) is 0 Å². The molecule has 0 aromatic rings. The normalized spacial score (nSPS) is 21.8. The van der Waals surface area contributed by atoms with E-state index in [1.807, 2.05) is 7.05 Å². The maximum Gasteiger partial charge on any atom is 0.401 e. The fraction of sp³-hybridized carbons (Fsp3) is 0.900. The quantitative estimate of drug-likeness (QED) is 0.688. The fourth-order valence-corrected chi connectivity index (χ4v) is 1.50. The Morgan fingerprint density at radius 3 is 2.31 bits per heavy atom. The first kappa shape index (κ1) is 13.3. The summed E-state index contributed by atoms with van der Waals surface area (Å²) >= 11 is 0. The molecule has 0 aromatic heterocycles. The van der Waals surface area contributed by atoms with Gasteiger partial charge in [-0.1, -0.05) is 0 Å². The molecule has 1 unspecified atom stereocenters. The van der Waals surface area contributed by atoms with E-state index < -0.39 is 18.1 Å². The monoisotopic (exact) mass is 239 g/mol. The van der Waals surface area contributed by atoms with Gasteiger partial charge in [-0.2, -0.15) is 13.2 Å². The highest BCUT2D eigenvalue weighted by atomic mass is 19.4. The minimum Gasteiger partial charge on any atom is -0.462 e. The average molecular weight is 239 g/mol. The van der Waals surface area contributed by atoms with Crippen LogP contribution in [-0.2, 0) is 9.53 Å². The molecular formula is C10H16F3NO2. The van der Waals surface area contributed by atoms with Crippen molar-refractivity contribution in [3.05, 3.63) is 0 Å². The second kappa shape index (κ2) is 5.03. The van der Waals surface area contributed by atoms with Crippen molar-refractivity contribution in [2.24, 2.45) is 5.92 Å². The summed E-state index contributed by atoms with van der Waals surface area (Å²) in [4.78, 5) is 13.2. The smallest absolute Gasteiger partial charge is 0.401 e. The number of nitrogens with zero attached hydrogens (tertiary/aromatic N) is 1. The van der Waals surface area contributed by atoms with E-state index in [0.29, 0.717) is 12.8 Å². The summed E-state index contributed by atoms with van der Waals surface area (Å²) in [6, 6.07) is 0. The zero-order valence-corrected chi connectivity index (χ0v) is 9.38. The van der Waals surface area contributed by atoms with Gasteiger partial charge in [0.1, 0.15) is 12.0 Å². The number of carbonyl (C=O) groups is 1. The van der Waals surface area contributed by atoms with E-state index >= 15 is 0 Å². The lowest BCUT2D eigenvalue weighted by atomic mass is 10.1. The van der Waals surface area contributed by atoms with E-state index in [0.717, 1.165) is 20.0 Å². The van der Waals surface area contributed by atoms with Crippen LogP contribution >= 0.6 is 0 Å². The van der Waals surface area contributed by atoms with Gasteiger partial charge < -0.3 is 9.64 Å². The van der Waals surface area contributed by atoms with Gasteiger partial charge in [0.05, 0.1) is 0 Å². The van der Waals surface area contributed by atoms with Gasteiger partial charge in [-0.25, -0.2) is 0 Å². The number of ether oxygens (including phenoxy) is 1. The van der Waals surface area contributed by atoms with E-state index in [1.54, 1.807) is 0 Å². The second-order valence-corrected chi connectivity index (χ2v) is 4.20. The Balaban J connectivity index is 2.40. The van der Waals surface area contributed by atoms with E-state index in [4.69, 9.17) is 4.74 Å². The van der Waals surface area contributed by atoms with E-state index in [9.17, 15) is 18.0 Å². The third-order valence-corrected chi connectivity index (χ3v) is 2.79. The summed E-state index contributed by atoms with van der Waals surface area (Å²) in [5.41, 5.74) is 0. The molecular weight excluding hydrogens is 223 g/mol. The third-order valence-electron chi connectivity index (χ3n) is 2.79. The molecule has 1 saturated heterocycles. The minimum absolute atomic E-state index is 0.367. The lowest BCUT2D eigenvalue weighted by Crippen LogP contribution is -2.38. The number of hydrogen-bond donors (Lipinski definition) is 0. The molecule has 1 aliphatic heterocycles. The molecule has 16 heavy (non-hydrogen) atoms. The van der Waals surface area contributed by atoms with Crippen molar-refractivity contribution in [2.45, 2.75) is 32.0 Å². The van der Waals surface area contributed by atoms with Gasteiger partial charge in [-0.3, -0.25) is 4.79 Å². The van der Waals surface area contributed by atoms with Gasteiger partial charge in [0.2, 0.25) is 0 Å². The Hall–Kier alpha value is -0.780. The predicted octanol–water partition coefficient (Wildman–Crippen LogP) is 1.82. The molecule has 1 fully saturated rings. The first-order valence-corrected chi connectivity index (χ1v) is 5.26. The SMILES string of the molecule is CC(C(=O)OC1CCN(C)CC1)C(F)(F)F. The van der Waals surface area contributed by atoms with Crippen LogP contribution in [0.1, 0.15) is 19.8 Å². The predicted molar refractivity (Wildman–Crippen MR) is 51.8 cm³/mol. The Kier molecular flexibility index (Phi) is 4.18. The summed E-state index contributed by atoms with van der Waals surface area (Å²) in [5, 5.41) is 0. The highest BCUT2D eigenvalue weighted by molar-refractivity contribution is 5.73. The lowest BCUT2D eigenvalue weighted by molar-refractivity contribution is -0.198. The van der Waals surface area contributed by atoms with Crippen LogP contribution in [0.4, 0.5) is 13.2 Å². The third kappa shape index (κ3) is 3.66. The fourth-order valence-electron chi connectivity index (χ4n) is 1.50. The average Bonchev–Trinajstić information content (AvgIpc) is 2.19. The number of hydrogen-bond acceptors (Lipinski definition) is 3. The molecule has 1 atom stereocenters. The zero-order valence-electron chi connectivity index (χ0n) is 9.38. The molecule has 0 bridgehead atoms. The summed E-state index contributed by atoms with van der Waals surface area (Å²) in [7, 11) is 1.93.